The van der Waals surface area contributed by atoms with Crippen LogP contribution in [0.25, 0.3) is 0 Å². The van der Waals surface area contributed by atoms with Gasteiger partial charge in [0.15, 0.2) is 0 Å². The van der Waals surface area contributed by atoms with Crippen molar-refractivity contribution in [1.82, 2.24) is 10.2 Å². The molecule has 0 aliphatic carbocycles. The van der Waals surface area contributed by atoms with Crippen LogP contribution >= 0.6 is 11.6 Å². The third kappa shape index (κ3) is 7.61. The lowest BCUT2D eigenvalue weighted by atomic mass is 10.1. The number of carbonyl (C=O) groups excluding carboxylic acids is 2. The number of nitrogens with one attached hydrogen (secondary N) is 1. The van der Waals surface area contributed by atoms with Crippen LogP contribution in [-0.4, -0.2) is 44.3 Å². The fraction of sp³-hybridized carbons (Fsp3) is 0.333. The Morgan fingerprint density at radius 3 is 2.25 bits per heavy atom. The summed E-state index contributed by atoms with van der Waals surface area (Å²) in [6.07, 6.45) is 1.93. The second-order valence-corrected chi connectivity index (χ2v) is 11.7. The van der Waals surface area contributed by atoms with Gasteiger partial charge in [-0.1, -0.05) is 79.9 Å². The van der Waals surface area contributed by atoms with Crippen molar-refractivity contribution in [1.29, 1.82) is 0 Å². The van der Waals surface area contributed by atoms with Crippen molar-refractivity contribution in [2.75, 3.05) is 17.4 Å². The molecule has 3 aromatic carbocycles. The van der Waals surface area contributed by atoms with Gasteiger partial charge in [-0.05, 0) is 55.7 Å². The number of para-hydroxylation sites is 1. The summed E-state index contributed by atoms with van der Waals surface area (Å²) in [5.74, 6) is -1.82. The number of carbonyl (C=O) groups is 2. The molecule has 0 aromatic heterocycles. The number of sulfonamides is 1. The quantitative estimate of drug-likeness (QED) is 0.260. The van der Waals surface area contributed by atoms with Crippen LogP contribution in [0.5, 0.6) is 0 Å². The van der Waals surface area contributed by atoms with E-state index in [1.54, 1.807) is 43.3 Å². The number of halogens is 2. The number of aryl methyl sites for hydroxylation is 1. The lowest BCUT2D eigenvalue weighted by Gasteiger charge is -2.33. The van der Waals surface area contributed by atoms with Gasteiger partial charge in [-0.3, -0.25) is 13.9 Å². The van der Waals surface area contributed by atoms with Gasteiger partial charge in [-0.25, -0.2) is 12.8 Å². The Balaban J connectivity index is 2.06. The normalized spacial score (nSPS) is 12.0. The van der Waals surface area contributed by atoms with E-state index >= 15 is 4.39 Å². The summed E-state index contributed by atoms with van der Waals surface area (Å²) in [4.78, 5) is 28.4. The zero-order valence-electron chi connectivity index (χ0n) is 22.9. The highest BCUT2D eigenvalue weighted by molar-refractivity contribution is 7.92. The molecule has 1 atom stereocenters. The molecule has 0 fully saturated rings. The summed E-state index contributed by atoms with van der Waals surface area (Å²) in [6.45, 7) is 5.28. The van der Waals surface area contributed by atoms with Gasteiger partial charge in [0.2, 0.25) is 11.8 Å². The van der Waals surface area contributed by atoms with Crippen molar-refractivity contribution in [2.24, 2.45) is 0 Å². The highest BCUT2D eigenvalue weighted by atomic mass is 35.5. The van der Waals surface area contributed by atoms with Gasteiger partial charge >= 0.3 is 0 Å². The third-order valence-corrected chi connectivity index (χ3v) is 8.67. The summed E-state index contributed by atoms with van der Waals surface area (Å²) in [6, 6.07) is 17.5. The van der Waals surface area contributed by atoms with Gasteiger partial charge in [0.1, 0.15) is 18.4 Å². The molecule has 10 heteroatoms. The maximum absolute atomic E-state index is 15.0. The minimum atomic E-state index is -4.35. The number of unbranched alkanes of at least 4 members (excludes halogenated alkanes) is 1. The molecule has 40 heavy (non-hydrogen) atoms. The van der Waals surface area contributed by atoms with Crippen LogP contribution in [0.3, 0.4) is 0 Å². The second kappa shape index (κ2) is 14.3. The fourth-order valence-electron chi connectivity index (χ4n) is 4.24. The summed E-state index contributed by atoms with van der Waals surface area (Å²) in [5.41, 5.74) is 1.17. The van der Waals surface area contributed by atoms with Crippen LogP contribution in [-0.2, 0) is 26.2 Å². The van der Waals surface area contributed by atoms with Gasteiger partial charge in [0.25, 0.3) is 10.0 Å². The molecule has 0 saturated heterocycles. The van der Waals surface area contributed by atoms with Crippen LogP contribution in [0.4, 0.5) is 10.1 Å². The van der Waals surface area contributed by atoms with E-state index in [0.29, 0.717) is 17.1 Å². The summed E-state index contributed by atoms with van der Waals surface area (Å²) >= 11 is 6.40. The van der Waals surface area contributed by atoms with E-state index in [9.17, 15) is 18.0 Å². The minimum absolute atomic E-state index is 0.0338. The van der Waals surface area contributed by atoms with E-state index in [2.05, 4.69) is 5.32 Å². The van der Waals surface area contributed by atoms with Crippen molar-refractivity contribution < 1.29 is 22.4 Å². The molecule has 1 N–H and O–H groups in total. The predicted molar refractivity (Wildman–Crippen MR) is 156 cm³/mol. The monoisotopic (exact) mass is 587 g/mol. The van der Waals surface area contributed by atoms with E-state index in [-0.39, 0.29) is 29.5 Å². The molecule has 0 aliphatic rings. The van der Waals surface area contributed by atoms with Crippen molar-refractivity contribution in [2.45, 2.75) is 57.5 Å². The molecule has 0 radical (unpaired) electrons. The Labute approximate surface area is 241 Å². The molecule has 0 heterocycles. The number of anilines is 1. The van der Waals surface area contributed by atoms with E-state index in [1.165, 1.54) is 35.2 Å². The van der Waals surface area contributed by atoms with E-state index < -0.39 is 34.3 Å². The average Bonchev–Trinajstić information content (AvgIpc) is 2.93. The Morgan fingerprint density at radius 1 is 0.975 bits per heavy atom. The molecule has 7 nitrogen and oxygen atoms in total. The third-order valence-electron chi connectivity index (χ3n) is 6.52. The van der Waals surface area contributed by atoms with Gasteiger partial charge in [0.05, 0.1) is 10.6 Å². The largest absolute Gasteiger partial charge is 0.354 e. The zero-order chi connectivity index (χ0) is 29.3. The molecule has 2 amide bonds. The molecule has 0 bridgehead atoms. The zero-order valence-corrected chi connectivity index (χ0v) is 24.5. The van der Waals surface area contributed by atoms with E-state index in [0.717, 1.165) is 28.8 Å². The summed E-state index contributed by atoms with van der Waals surface area (Å²) in [5, 5.41) is 3.27. The van der Waals surface area contributed by atoms with Crippen LogP contribution in [0.15, 0.2) is 77.7 Å². The Morgan fingerprint density at radius 2 is 1.62 bits per heavy atom. The van der Waals surface area contributed by atoms with Gasteiger partial charge in [0, 0.05) is 18.1 Å². The highest BCUT2D eigenvalue weighted by Crippen LogP contribution is 2.28. The van der Waals surface area contributed by atoms with Gasteiger partial charge in [-0.15, -0.1) is 0 Å². The second-order valence-electron chi connectivity index (χ2n) is 9.46. The molecule has 214 valence electrons. The topological polar surface area (TPSA) is 86.8 Å². The molecule has 3 aromatic rings. The Bertz CT molecular complexity index is 1420. The summed E-state index contributed by atoms with van der Waals surface area (Å²) in [7, 11) is -4.35. The number of rotatable bonds is 13. The first-order chi connectivity index (χ1) is 19.1. The number of hydrogen-bond acceptors (Lipinski definition) is 4. The van der Waals surface area contributed by atoms with Crippen LogP contribution < -0.4 is 9.62 Å². The predicted octanol–water partition coefficient (Wildman–Crippen LogP) is 5.71. The Hall–Kier alpha value is -3.43. The lowest BCUT2D eigenvalue weighted by molar-refractivity contribution is -0.140. The van der Waals surface area contributed by atoms with Crippen molar-refractivity contribution in [3.63, 3.8) is 0 Å². The maximum atomic E-state index is 15.0. The van der Waals surface area contributed by atoms with Gasteiger partial charge < -0.3 is 10.2 Å². The fourth-order valence-corrected chi connectivity index (χ4v) is 5.86. The minimum Gasteiger partial charge on any atom is -0.354 e. The number of amides is 2. The number of benzene rings is 3. The molecule has 1 unspecified atom stereocenters. The first-order valence-corrected chi connectivity index (χ1v) is 15.1. The van der Waals surface area contributed by atoms with Crippen LogP contribution in [0, 0.1) is 12.7 Å². The van der Waals surface area contributed by atoms with Crippen molar-refractivity contribution in [3.05, 3.63) is 94.8 Å². The average molecular weight is 588 g/mol. The molecule has 0 aliphatic heterocycles. The van der Waals surface area contributed by atoms with Crippen LogP contribution in [0.1, 0.15) is 44.2 Å². The van der Waals surface area contributed by atoms with Crippen molar-refractivity contribution >= 4 is 39.1 Å². The molecule has 3 rings (SSSR count). The Kier molecular flexibility index (Phi) is 11.1. The lowest BCUT2D eigenvalue weighted by Crippen LogP contribution is -2.52. The standard InChI is InChI=1S/C30H35ClFN3O4S/c1-4-6-19-33-30(37)27(5-2)34(20-23-11-7-8-12-25(23)31)29(36)21-35(28-14-10-9-13-26(28)32)40(38,39)24-17-15-22(3)16-18-24/h7-18,27H,4-6,19-21H2,1-3H3,(H,33,37). The first-order valence-electron chi connectivity index (χ1n) is 13.2. The first kappa shape index (κ1) is 31.1. The molecular formula is C30H35ClFN3O4S. The SMILES string of the molecule is CCCCNC(=O)C(CC)N(Cc1ccccc1Cl)C(=O)CN(c1ccccc1F)S(=O)(=O)c1ccc(C)cc1. The van der Waals surface area contributed by atoms with E-state index in [1.807, 2.05) is 13.8 Å². The number of nitrogens with zero attached hydrogens (tertiary/aromatic N) is 2. The van der Waals surface area contributed by atoms with Crippen molar-refractivity contribution in [3.8, 4) is 0 Å². The summed E-state index contributed by atoms with van der Waals surface area (Å²) < 4.78 is 43.4. The molecule has 0 spiro atoms. The molecule has 0 saturated carbocycles. The molecular weight excluding hydrogens is 553 g/mol. The van der Waals surface area contributed by atoms with Gasteiger partial charge in [-0.2, -0.15) is 0 Å². The smallest absolute Gasteiger partial charge is 0.264 e. The van der Waals surface area contributed by atoms with E-state index in [4.69, 9.17) is 11.6 Å². The highest BCUT2D eigenvalue weighted by Gasteiger charge is 2.34. The number of hydrogen-bond donors (Lipinski definition) is 1. The van der Waals surface area contributed by atoms with Crippen LogP contribution in [0.2, 0.25) is 5.02 Å². The maximum Gasteiger partial charge on any atom is 0.264 e.